The number of hydrogen-bond acceptors (Lipinski definition) is 4. The average Bonchev–Trinajstić information content (AvgIpc) is 2.76. The second kappa shape index (κ2) is 8.71. The molecule has 0 spiro atoms. The van der Waals surface area contributed by atoms with Crippen molar-refractivity contribution in [2.75, 3.05) is 11.9 Å². The monoisotopic (exact) mass is 304 g/mol. The van der Waals surface area contributed by atoms with Gasteiger partial charge in [0.05, 0.1) is 0 Å². The van der Waals surface area contributed by atoms with Gasteiger partial charge in [0.15, 0.2) is 5.69 Å². The number of carbonyl (C=O) groups excluding carboxylic acids is 1. The van der Waals surface area contributed by atoms with Gasteiger partial charge >= 0.3 is 0 Å². The van der Waals surface area contributed by atoms with E-state index in [-0.39, 0.29) is 5.91 Å². The Balaban J connectivity index is 1.82. The molecule has 2 N–H and O–H groups in total. The molecule has 1 aromatic rings. The largest absolute Gasteiger partial charge is 0.369 e. The van der Waals surface area contributed by atoms with E-state index in [1.54, 1.807) is 6.07 Å². The van der Waals surface area contributed by atoms with Crippen molar-refractivity contribution in [2.24, 2.45) is 5.92 Å². The fraction of sp³-hybridized carbons (Fsp3) is 0.706. The van der Waals surface area contributed by atoms with Crippen LogP contribution in [0.4, 0.5) is 5.82 Å². The first-order valence-corrected chi connectivity index (χ1v) is 8.53. The molecule has 5 heteroatoms. The van der Waals surface area contributed by atoms with E-state index >= 15 is 0 Å². The van der Waals surface area contributed by atoms with Gasteiger partial charge in [0.2, 0.25) is 0 Å². The summed E-state index contributed by atoms with van der Waals surface area (Å²) in [4.78, 5) is 12.2. The molecule has 1 aromatic heterocycles. The molecule has 0 radical (unpaired) electrons. The lowest BCUT2D eigenvalue weighted by Crippen LogP contribution is -2.35. The lowest BCUT2D eigenvalue weighted by Gasteiger charge is -2.15. The quantitative estimate of drug-likeness (QED) is 0.791. The molecule has 0 bridgehead atoms. The molecular weight excluding hydrogens is 276 g/mol. The van der Waals surface area contributed by atoms with Crippen molar-refractivity contribution in [1.29, 1.82) is 0 Å². The minimum atomic E-state index is -0.104. The molecule has 122 valence electrons. The van der Waals surface area contributed by atoms with Crippen LogP contribution in [0.25, 0.3) is 0 Å². The maximum Gasteiger partial charge on any atom is 0.272 e. The van der Waals surface area contributed by atoms with Crippen molar-refractivity contribution in [3.63, 3.8) is 0 Å². The Morgan fingerprint density at radius 1 is 1.18 bits per heavy atom. The van der Waals surface area contributed by atoms with Crippen LogP contribution in [-0.2, 0) is 0 Å². The number of carbonyl (C=O) groups is 1. The van der Waals surface area contributed by atoms with Gasteiger partial charge in [0.1, 0.15) is 5.82 Å². The van der Waals surface area contributed by atoms with Crippen LogP contribution in [-0.4, -0.2) is 28.7 Å². The molecule has 1 amide bonds. The summed E-state index contributed by atoms with van der Waals surface area (Å²) < 4.78 is 0. The summed E-state index contributed by atoms with van der Waals surface area (Å²) in [5.41, 5.74) is 0.402. The van der Waals surface area contributed by atoms with Crippen molar-refractivity contribution in [3.8, 4) is 0 Å². The van der Waals surface area contributed by atoms with Crippen LogP contribution < -0.4 is 10.6 Å². The van der Waals surface area contributed by atoms with Gasteiger partial charge in [-0.2, -0.15) is 0 Å². The van der Waals surface area contributed by atoms with Crippen molar-refractivity contribution < 1.29 is 4.79 Å². The zero-order valence-electron chi connectivity index (χ0n) is 13.8. The van der Waals surface area contributed by atoms with Crippen LogP contribution in [0.3, 0.4) is 0 Å². The minimum absolute atomic E-state index is 0.104. The van der Waals surface area contributed by atoms with E-state index in [2.05, 4.69) is 34.7 Å². The van der Waals surface area contributed by atoms with Crippen molar-refractivity contribution >= 4 is 11.7 Å². The van der Waals surface area contributed by atoms with Gasteiger partial charge in [-0.3, -0.25) is 4.79 Å². The normalized spacial score (nSPS) is 16.3. The van der Waals surface area contributed by atoms with Gasteiger partial charge < -0.3 is 10.6 Å². The molecule has 0 saturated heterocycles. The summed E-state index contributed by atoms with van der Waals surface area (Å²) >= 11 is 0. The predicted molar refractivity (Wildman–Crippen MR) is 88.9 cm³/mol. The number of nitrogens with zero attached hydrogens (tertiary/aromatic N) is 2. The van der Waals surface area contributed by atoms with Crippen molar-refractivity contribution in [1.82, 2.24) is 15.5 Å². The molecule has 1 aliphatic carbocycles. The topological polar surface area (TPSA) is 66.9 Å². The first-order valence-electron chi connectivity index (χ1n) is 8.53. The lowest BCUT2D eigenvalue weighted by molar-refractivity contribution is 0.0927. The summed E-state index contributed by atoms with van der Waals surface area (Å²) in [6.07, 6.45) is 8.21. The highest BCUT2D eigenvalue weighted by atomic mass is 16.2. The number of hydrogen-bond donors (Lipinski definition) is 2. The highest BCUT2D eigenvalue weighted by Crippen LogP contribution is 2.17. The predicted octanol–water partition coefficient (Wildman–Crippen LogP) is 3.39. The molecule has 1 aliphatic rings. The van der Waals surface area contributed by atoms with Crippen LogP contribution in [0, 0.1) is 5.92 Å². The van der Waals surface area contributed by atoms with E-state index in [4.69, 9.17) is 0 Å². The van der Waals surface area contributed by atoms with Crippen molar-refractivity contribution in [2.45, 2.75) is 64.8 Å². The minimum Gasteiger partial charge on any atom is -0.369 e. The van der Waals surface area contributed by atoms with Gasteiger partial charge in [0, 0.05) is 12.6 Å². The molecule has 2 rings (SSSR count). The summed E-state index contributed by atoms with van der Waals surface area (Å²) in [5, 5.41) is 14.4. The number of amides is 1. The Morgan fingerprint density at radius 3 is 2.50 bits per heavy atom. The van der Waals surface area contributed by atoms with E-state index in [1.165, 1.54) is 25.7 Å². The summed E-state index contributed by atoms with van der Waals surface area (Å²) in [6.45, 7) is 5.25. The molecular formula is C17H28N4O. The summed E-state index contributed by atoms with van der Waals surface area (Å²) in [5.74, 6) is 1.28. The standard InChI is InChI=1S/C17H28N4O/c1-13(2)11-12-18-16-10-9-15(20-21-16)17(22)19-14-7-5-3-4-6-8-14/h9-10,13-14H,3-8,11-12H2,1-2H3,(H,18,21)(H,19,22). The maximum atomic E-state index is 12.2. The van der Waals surface area contributed by atoms with E-state index in [9.17, 15) is 4.79 Å². The van der Waals surface area contributed by atoms with Crippen LogP contribution >= 0.6 is 0 Å². The van der Waals surface area contributed by atoms with Gasteiger partial charge in [-0.05, 0) is 37.3 Å². The molecule has 0 aromatic carbocycles. The van der Waals surface area contributed by atoms with E-state index in [0.29, 0.717) is 17.7 Å². The molecule has 0 aliphatic heterocycles. The first kappa shape index (κ1) is 16.7. The molecule has 0 unspecified atom stereocenters. The number of anilines is 1. The van der Waals surface area contributed by atoms with E-state index < -0.39 is 0 Å². The smallest absolute Gasteiger partial charge is 0.272 e. The summed E-state index contributed by atoms with van der Waals surface area (Å²) in [7, 11) is 0. The van der Waals surface area contributed by atoms with Crippen LogP contribution in [0.5, 0.6) is 0 Å². The Morgan fingerprint density at radius 2 is 1.91 bits per heavy atom. The van der Waals surface area contributed by atoms with Crippen LogP contribution in [0.1, 0.15) is 69.3 Å². The van der Waals surface area contributed by atoms with Crippen LogP contribution in [0.2, 0.25) is 0 Å². The van der Waals surface area contributed by atoms with E-state index in [0.717, 1.165) is 31.6 Å². The lowest BCUT2D eigenvalue weighted by atomic mass is 10.1. The van der Waals surface area contributed by atoms with Gasteiger partial charge in [-0.15, -0.1) is 10.2 Å². The Bertz CT molecular complexity index is 450. The number of nitrogens with one attached hydrogen (secondary N) is 2. The van der Waals surface area contributed by atoms with Gasteiger partial charge in [-0.25, -0.2) is 0 Å². The number of rotatable bonds is 6. The third kappa shape index (κ3) is 5.62. The summed E-state index contributed by atoms with van der Waals surface area (Å²) in [6, 6.07) is 3.87. The highest BCUT2D eigenvalue weighted by Gasteiger charge is 2.16. The first-order chi connectivity index (χ1) is 10.6. The van der Waals surface area contributed by atoms with Crippen LogP contribution in [0.15, 0.2) is 12.1 Å². The van der Waals surface area contributed by atoms with Gasteiger partial charge in [0.25, 0.3) is 5.91 Å². The van der Waals surface area contributed by atoms with Gasteiger partial charge in [-0.1, -0.05) is 39.5 Å². The number of aromatic nitrogens is 2. The third-order valence-corrected chi connectivity index (χ3v) is 4.12. The third-order valence-electron chi connectivity index (χ3n) is 4.12. The molecule has 1 saturated carbocycles. The SMILES string of the molecule is CC(C)CCNc1ccc(C(=O)NC2CCCCCC2)nn1. The molecule has 1 fully saturated rings. The second-order valence-electron chi connectivity index (χ2n) is 6.58. The Kier molecular flexibility index (Phi) is 6.62. The fourth-order valence-electron chi connectivity index (χ4n) is 2.72. The molecule has 5 nitrogen and oxygen atoms in total. The van der Waals surface area contributed by atoms with E-state index in [1.807, 2.05) is 6.07 Å². The molecule has 1 heterocycles. The average molecular weight is 304 g/mol. The molecule has 0 atom stereocenters. The highest BCUT2D eigenvalue weighted by molar-refractivity contribution is 5.92. The Hall–Kier alpha value is -1.65. The fourth-order valence-corrected chi connectivity index (χ4v) is 2.72. The molecule has 22 heavy (non-hydrogen) atoms. The zero-order chi connectivity index (χ0) is 15.8. The Labute approximate surface area is 133 Å². The maximum absolute atomic E-state index is 12.2. The zero-order valence-corrected chi connectivity index (χ0v) is 13.8. The second-order valence-corrected chi connectivity index (χ2v) is 6.58. The van der Waals surface area contributed by atoms with Crippen molar-refractivity contribution in [3.05, 3.63) is 17.8 Å².